The topological polar surface area (TPSA) is 104 Å². The molecule has 178 valence electrons. The highest BCUT2D eigenvalue weighted by atomic mass is 32.2. The Labute approximate surface area is 196 Å². The Hall–Kier alpha value is -3.79. The van der Waals surface area contributed by atoms with Gasteiger partial charge in [0.25, 0.3) is 15.9 Å². The van der Waals surface area contributed by atoms with Gasteiger partial charge in [0, 0.05) is 16.9 Å². The summed E-state index contributed by atoms with van der Waals surface area (Å²) in [6.45, 7) is 5.48. The lowest BCUT2D eigenvalue weighted by Gasteiger charge is -2.13. The number of hydrogen-bond donors (Lipinski definition) is 3. The van der Waals surface area contributed by atoms with Gasteiger partial charge < -0.3 is 10.6 Å². The zero-order valence-electron chi connectivity index (χ0n) is 18.7. The summed E-state index contributed by atoms with van der Waals surface area (Å²) in [6, 6.07) is 11.5. The second-order valence-electron chi connectivity index (χ2n) is 7.76. The van der Waals surface area contributed by atoms with E-state index in [2.05, 4.69) is 15.4 Å². The van der Waals surface area contributed by atoms with Crippen LogP contribution in [0.1, 0.15) is 27.0 Å². The highest BCUT2D eigenvalue weighted by Crippen LogP contribution is 2.22. The summed E-state index contributed by atoms with van der Waals surface area (Å²) in [5.41, 5.74) is 3.92. The number of anilines is 2. The van der Waals surface area contributed by atoms with E-state index in [1.807, 2.05) is 32.9 Å². The standard InChI is InChI=1S/C24H23F2N3O4S/c1-14-10-15(2)23(16(3)11-14)28-22(30)13-27-24(31)17-4-6-18(7-5-17)29-34(32,33)19-8-9-20(25)21(26)12-19/h4-12,29H,13H2,1-3H3,(H,27,31)(H,28,30). The molecule has 0 aliphatic heterocycles. The van der Waals surface area contributed by atoms with Crippen molar-refractivity contribution in [3.05, 3.63) is 88.5 Å². The van der Waals surface area contributed by atoms with Gasteiger partial charge in [0.1, 0.15) is 0 Å². The number of sulfonamides is 1. The third kappa shape index (κ3) is 5.96. The van der Waals surface area contributed by atoms with Crippen molar-refractivity contribution in [2.45, 2.75) is 25.7 Å². The molecule has 3 N–H and O–H groups in total. The molecule has 0 unspecified atom stereocenters. The summed E-state index contributed by atoms with van der Waals surface area (Å²) in [7, 11) is -4.16. The van der Waals surface area contributed by atoms with Crippen LogP contribution in [0.3, 0.4) is 0 Å². The van der Waals surface area contributed by atoms with Crippen LogP contribution in [0.5, 0.6) is 0 Å². The minimum atomic E-state index is -4.16. The molecule has 3 rings (SSSR count). The molecule has 0 aromatic heterocycles. The third-order valence-electron chi connectivity index (χ3n) is 4.95. The average molecular weight is 488 g/mol. The molecule has 0 saturated heterocycles. The maximum absolute atomic E-state index is 13.4. The molecule has 0 spiro atoms. The Morgan fingerprint density at radius 2 is 1.47 bits per heavy atom. The molecule has 0 heterocycles. The van der Waals surface area contributed by atoms with Gasteiger partial charge in [-0.2, -0.15) is 0 Å². The van der Waals surface area contributed by atoms with E-state index in [-0.39, 0.29) is 23.7 Å². The lowest BCUT2D eigenvalue weighted by Crippen LogP contribution is -2.33. The van der Waals surface area contributed by atoms with Gasteiger partial charge in [-0.1, -0.05) is 17.7 Å². The maximum Gasteiger partial charge on any atom is 0.261 e. The molecule has 0 saturated carbocycles. The molecule has 0 radical (unpaired) electrons. The SMILES string of the molecule is Cc1cc(C)c(NC(=O)CNC(=O)c2ccc(NS(=O)(=O)c3ccc(F)c(F)c3)cc2)c(C)c1. The molecular formula is C24H23F2N3O4S. The van der Waals surface area contributed by atoms with Gasteiger partial charge in [-0.05, 0) is 74.4 Å². The summed E-state index contributed by atoms with van der Waals surface area (Å²) in [6.07, 6.45) is 0. The van der Waals surface area contributed by atoms with Crippen molar-refractivity contribution in [1.82, 2.24) is 5.32 Å². The number of amides is 2. The highest BCUT2D eigenvalue weighted by Gasteiger charge is 2.17. The number of aryl methyl sites for hydroxylation is 3. The molecule has 0 aliphatic rings. The molecule has 10 heteroatoms. The van der Waals surface area contributed by atoms with Crippen LogP contribution in [0.4, 0.5) is 20.2 Å². The largest absolute Gasteiger partial charge is 0.343 e. The van der Waals surface area contributed by atoms with Crippen molar-refractivity contribution in [2.24, 2.45) is 0 Å². The van der Waals surface area contributed by atoms with Gasteiger partial charge >= 0.3 is 0 Å². The van der Waals surface area contributed by atoms with Crippen molar-refractivity contribution in [3.63, 3.8) is 0 Å². The van der Waals surface area contributed by atoms with E-state index in [0.29, 0.717) is 11.8 Å². The van der Waals surface area contributed by atoms with Crippen LogP contribution in [-0.4, -0.2) is 26.8 Å². The van der Waals surface area contributed by atoms with Crippen LogP contribution in [0.15, 0.2) is 59.5 Å². The van der Waals surface area contributed by atoms with Crippen LogP contribution >= 0.6 is 0 Å². The van der Waals surface area contributed by atoms with Crippen LogP contribution < -0.4 is 15.4 Å². The van der Waals surface area contributed by atoms with Crippen molar-refractivity contribution in [1.29, 1.82) is 0 Å². The van der Waals surface area contributed by atoms with Crippen molar-refractivity contribution >= 4 is 33.2 Å². The van der Waals surface area contributed by atoms with Gasteiger partial charge in [0.15, 0.2) is 11.6 Å². The van der Waals surface area contributed by atoms with E-state index in [1.165, 1.54) is 24.3 Å². The first-order chi connectivity index (χ1) is 16.0. The summed E-state index contributed by atoms with van der Waals surface area (Å²) in [5.74, 6) is -3.36. The Bertz CT molecular complexity index is 1330. The molecule has 3 aromatic rings. The van der Waals surface area contributed by atoms with Gasteiger partial charge in [0.05, 0.1) is 11.4 Å². The minimum absolute atomic E-state index is 0.115. The van der Waals surface area contributed by atoms with Crippen LogP contribution in [0.25, 0.3) is 0 Å². The molecule has 7 nitrogen and oxygen atoms in total. The monoisotopic (exact) mass is 487 g/mol. The van der Waals surface area contributed by atoms with E-state index in [4.69, 9.17) is 0 Å². The van der Waals surface area contributed by atoms with Crippen LogP contribution in [0.2, 0.25) is 0 Å². The van der Waals surface area contributed by atoms with E-state index >= 15 is 0 Å². The first kappa shape index (κ1) is 24.8. The number of carbonyl (C=O) groups excluding carboxylic acids is 2. The average Bonchev–Trinajstić information content (AvgIpc) is 2.76. The lowest BCUT2D eigenvalue weighted by molar-refractivity contribution is -0.115. The molecule has 2 amide bonds. The molecule has 0 atom stereocenters. The Morgan fingerprint density at radius 1 is 0.853 bits per heavy atom. The Balaban J connectivity index is 1.59. The summed E-state index contributed by atoms with van der Waals surface area (Å²) in [4.78, 5) is 24.2. The number of rotatable bonds is 7. The van der Waals surface area contributed by atoms with Gasteiger partial charge in [-0.15, -0.1) is 0 Å². The molecule has 34 heavy (non-hydrogen) atoms. The highest BCUT2D eigenvalue weighted by molar-refractivity contribution is 7.92. The quantitative estimate of drug-likeness (QED) is 0.468. The molecule has 0 fully saturated rings. The minimum Gasteiger partial charge on any atom is -0.343 e. The van der Waals surface area contributed by atoms with Crippen LogP contribution in [0, 0.1) is 32.4 Å². The van der Waals surface area contributed by atoms with Crippen LogP contribution in [-0.2, 0) is 14.8 Å². The van der Waals surface area contributed by atoms with E-state index in [1.54, 1.807) is 0 Å². The number of benzene rings is 3. The summed E-state index contributed by atoms with van der Waals surface area (Å²) >= 11 is 0. The van der Waals surface area contributed by atoms with Crippen molar-refractivity contribution < 1.29 is 26.8 Å². The van der Waals surface area contributed by atoms with Crippen molar-refractivity contribution in [2.75, 3.05) is 16.6 Å². The Morgan fingerprint density at radius 3 is 2.06 bits per heavy atom. The van der Waals surface area contributed by atoms with Crippen molar-refractivity contribution in [3.8, 4) is 0 Å². The second kappa shape index (κ2) is 10.0. The summed E-state index contributed by atoms with van der Waals surface area (Å²) in [5, 5.41) is 5.30. The number of halogens is 2. The molecule has 3 aromatic carbocycles. The second-order valence-corrected chi connectivity index (χ2v) is 9.45. The van der Waals surface area contributed by atoms with E-state index in [9.17, 15) is 26.8 Å². The van der Waals surface area contributed by atoms with E-state index < -0.39 is 32.5 Å². The van der Waals surface area contributed by atoms with E-state index in [0.717, 1.165) is 28.8 Å². The number of hydrogen-bond acceptors (Lipinski definition) is 4. The fraction of sp³-hybridized carbons (Fsp3) is 0.167. The zero-order valence-corrected chi connectivity index (χ0v) is 19.5. The first-order valence-electron chi connectivity index (χ1n) is 10.2. The fourth-order valence-electron chi connectivity index (χ4n) is 3.37. The zero-order chi connectivity index (χ0) is 25.0. The fourth-order valence-corrected chi connectivity index (χ4v) is 4.44. The molecule has 0 aliphatic carbocycles. The van der Waals surface area contributed by atoms with Gasteiger partial charge in [-0.3, -0.25) is 14.3 Å². The molecule has 0 bridgehead atoms. The predicted molar refractivity (Wildman–Crippen MR) is 125 cm³/mol. The number of carbonyl (C=O) groups is 2. The normalized spacial score (nSPS) is 11.1. The maximum atomic E-state index is 13.4. The van der Waals surface area contributed by atoms with Gasteiger partial charge in [0.2, 0.25) is 5.91 Å². The molecular weight excluding hydrogens is 464 g/mol. The predicted octanol–water partition coefficient (Wildman–Crippen LogP) is 4.06. The Kier molecular flexibility index (Phi) is 7.31. The smallest absolute Gasteiger partial charge is 0.261 e. The summed E-state index contributed by atoms with van der Waals surface area (Å²) < 4.78 is 53.3. The third-order valence-corrected chi connectivity index (χ3v) is 6.33. The first-order valence-corrected chi connectivity index (χ1v) is 11.7. The van der Waals surface area contributed by atoms with Gasteiger partial charge in [-0.25, -0.2) is 17.2 Å². The number of nitrogens with one attached hydrogen (secondary N) is 3. The lowest BCUT2D eigenvalue weighted by atomic mass is 10.1.